The molecule has 1 unspecified atom stereocenters. The van der Waals surface area contributed by atoms with Gasteiger partial charge >= 0.3 is 0 Å². The molecule has 2 fully saturated rings. The molecular formula is C18H20N4O. The first-order valence-electron chi connectivity index (χ1n) is 8.15. The Morgan fingerprint density at radius 1 is 1.04 bits per heavy atom. The van der Waals surface area contributed by atoms with Crippen molar-refractivity contribution in [1.82, 2.24) is 15.3 Å². The SMILES string of the molecule is O=C1CC(c2ccccc2)C2(CCN(c3ncccn3)CC2)N1. The van der Waals surface area contributed by atoms with Gasteiger partial charge in [-0.15, -0.1) is 0 Å². The molecule has 5 nitrogen and oxygen atoms in total. The van der Waals surface area contributed by atoms with Crippen molar-refractivity contribution in [3.05, 3.63) is 54.4 Å². The minimum atomic E-state index is -0.121. The van der Waals surface area contributed by atoms with Crippen LogP contribution in [0.2, 0.25) is 0 Å². The van der Waals surface area contributed by atoms with E-state index in [0.717, 1.165) is 31.9 Å². The molecule has 1 atom stereocenters. The van der Waals surface area contributed by atoms with Gasteiger partial charge in [0.05, 0.1) is 5.54 Å². The van der Waals surface area contributed by atoms with Crippen molar-refractivity contribution < 1.29 is 4.79 Å². The van der Waals surface area contributed by atoms with E-state index < -0.39 is 0 Å². The molecule has 0 radical (unpaired) electrons. The van der Waals surface area contributed by atoms with Crippen LogP contribution < -0.4 is 10.2 Å². The van der Waals surface area contributed by atoms with Gasteiger partial charge in [-0.25, -0.2) is 9.97 Å². The van der Waals surface area contributed by atoms with Crippen LogP contribution >= 0.6 is 0 Å². The molecule has 1 aromatic carbocycles. The number of carbonyl (C=O) groups is 1. The van der Waals surface area contributed by atoms with Crippen molar-refractivity contribution in [3.8, 4) is 0 Å². The Hall–Kier alpha value is -2.43. The Bertz CT molecular complexity index is 681. The zero-order valence-electron chi connectivity index (χ0n) is 13.0. The number of piperidine rings is 1. The topological polar surface area (TPSA) is 58.1 Å². The molecule has 2 saturated heterocycles. The molecule has 1 aromatic heterocycles. The van der Waals surface area contributed by atoms with E-state index in [1.165, 1.54) is 5.56 Å². The molecule has 0 saturated carbocycles. The summed E-state index contributed by atoms with van der Waals surface area (Å²) in [4.78, 5) is 23.0. The second-order valence-corrected chi connectivity index (χ2v) is 6.41. The number of benzene rings is 1. The molecule has 5 heteroatoms. The molecule has 23 heavy (non-hydrogen) atoms. The Morgan fingerprint density at radius 3 is 2.43 bits per heavy atom. The highest BCUT2D eigenvalue weighted by Crippen LogP contribution is 2.43. The molecule has 1 N–H and O–H groups in total. The maximum Gasteiger partial charge on any atom is 0.225 e. The highest BCUT2D eigenvalue weighted by molar-refractivity contribution is 5.81. The van der Waals surface area contributed by atoms with Crippen LogP contribution in [0.25, 0.3) is 0 Å². The lowest BCUT2D eigenvalue weighted by molar-refractivity contribution is -0.119. The third-order valence-corrected chi connectivity index (χ3v) is 5.14. The van der Waals surface area contributed by atoms with Crippen LogP contribution in [0.15, 0.2) is 48.8 Å². The fourth-order valence-electron chi connectivity index (χ4n) is 3.95. The molecule has 2 aliphatic heterocycles. The lowest BCUT2D eigenvalue weighted by Crippen LogP contribution is -2.53. The number of rotatable bonds is 2. The van der Waals surface area contributed by atoms with Crippen LogP contribution in [-0.4, -0.2) is 34.5 Å². The Balaban J connectivity index is 1.56. The van der Waals surface area contributed by atoms with Crippen LogP contribution in [0.3, 0.4) is 0 Å². The van der Waals surface area contributed by atoms with Gasteiger partial charge in [-0.05, 0) is 24.5 Å². The summed E-state index contributed by atoms with van der Waals surface area (Å²) >= 11 is 0. The Kier molecular flexibility index (Phi) is 3.48. The number of hydrogen-bond acceptors (Lipinski definition) is 4. The van der Waals surface area contributed by atoms with Crippen molar-refractivity contribution in [1.29, 1.82) is 0 Å². The first kappa shape index (κ1) is 14.2. The molecule has 4 rings (SSSR count). The van der Waals surface area contributed by atoms with Gasteiger partial charge in [-0.3, -0.25) is 4.79 Å². The van der Waals surface area contributed by atoms with Crippen LogP contribution in [0.4, 0.5) is 5.95 Å². The van der Waals surface area contributed by atoms with Gasteiger partial charge in [-0.2, -0.15) is 0 Å². The van der Waals surface area contributed by atoms with E-state index >= 15 is 0 Å². The predicted octanol–water partition coefficient (Wildman–Crippen LogP) is 2.12. The molecule has 1 spiro atoms. The number of hydrogen-bond donors (Lipinski definition) is 1. The normalized spacial score (nSPS) is 23.0. The molecule has 2 aromatic rings. The summed E-state index contributed by atoms with van der Waals surface area (Å²) < 4.78 is 0. The average molecular weight is 308 g/mol. The Labute approximate surface area is 135 Å². The molecule has 3 heterocycles. The van der Waals surface area contributed by atoms with Crippen LogP contribution in [-0.2, 0) is 4.79 Å². The fourth-order valence-corrected chi connectivity index (χ4v) is 3.95. The van der Waals surface area contributed by atoms with Crippen molar-refractivity contribution >= 4 is 11.9 Å². The summed E-state index contributed by atoms with van der Waals surface area (Å²) in [5.41, 5.74) is 1.14. The van der Waals surface area contributed by atoms with Crippen LogP contribution in [0, 0.1) is 0 Å². The van der Waals surface area contributed by atoms with E-state index in [9.17, 15) is 4.79 Å². The lowest BCUT2D eigenvalue weighted by Gasteiger charge is -2.43. The van der Waals surface area contributed by atoms with E-state index in [-0.39, 0.29) is 17.4 Å². The summed E-state index contributed by atoms with van der Waals surface area (Å²) in [6.07, 6.45) is 5.99. The fraction of sp³-hybridized carbons (Fsp3) is 0.389. The molecule has 0 aliphatic carbocycles. The van der Waals surface area contributed by atoms with E-state index in [1.54, 1.807) is 12.4 Å². The smallest absolute Gasteiger partial charge is 0.225 e. The number of nitrogens with one attached hydrogen (secondary N) is 1. The van der Waals surface area contributed by atoms with Gasteiger partial charge in [0, 0.05) is 37.8 Å². The molecular weight excluding hydrogens is 288 g/mol. The minimum Gasteiger partial charge on any atom is -0.350 e. The van der Waals surface area contributed by atoms with Crippen molar-refractivity contribution in [2.45, 2.75) is 30.7 Å². The number of carbonyl (C=O) groups excluding carboxylic acids is 1. The number of amides is 1. The van der Waals surface area contributed by atoms with Gasteiger partial charge in [0.25, 0.3) is 0 Å². The number of anilines is 1. The third-order valence-electron chi connectivity index (χ3n) is 5.14. The van der Waals surface area contributed by atoms with Gasteiger partial charge in [0.15, 0.2) is 0 Å². The number of nitrogens with zero attached hydrogens (tertiary/aromatic N) is 3. The highest BCUT2D eigenvalue weighted by atomic mass is 16.2. The maximum absolute atomic E-state index is 12.1. The average Bonchev–Trinajstić information content (AvgIpc) is 2.93. The Morgan fingerprint density at radius 2 is 1.74 bits per heavy atom. The summed E-state index contributed by atoms with van der Waals surface area (Å²) in [7, 11) is 0. The highest BCUT2D eigenvalue weighted by Gasteiger charge is 2.48. The van der Waals surface area contributed by atoms with Crippen molar-refractivity contribution in [3.63, 3.8) is 0 Å². The van der Waals surface area contributed by atoms with Gasteiger partial charge in [-0.1, -0.05) is 30.3 Å². The van der Waals surface area contributed by atoms with Crippen LogP contribution in [0.1, 0.15) is 30.7 Å². The van der Waals surface area contributed by atoms with Gasteiger partial charge in [0.1, 0.15) is 0 Å². The summed E-state index contributed by atoms with van der Waals surface area (Å²) in [5, 5.41) is 3.28. The summed E-state index contributed by atoms with van der Waals surface area (Å²) in [6.45, 7) is 1.74. The van der Waals surface area contributed by atoms with E-state index in [1.807, 2.05) is 12.1 Å². The van der Waals surface area contributed by atoms with E-state index in [4.69, 9.17) is 0 Å². The quantitative estimate of drug-likeness (QED) is 0.923. The summed E-state index contributed by atoms with van der Waals surface area (Å²) in [5.74, 6) is 1.21. The summed E-state index contributed by atoms with van der Waals surface area (Å²) in [6, 6.07) is 12.2. The monoisotopic (exact) mass is 308 g/mol. The van der Waals surface area contributed by atoms with Crippen molar-refractivity contribution in [2.24, 2.45) is 0 Å². The largest absolute Gasteiger partial charge is 0.350 e. The lowest BCUT2D eigenvalue weighted by atomic mass is 9.74. The van der Waals surface area contributed by atoms with Gasteiger partial charge in [0.2, 0.25) is 11.9 Å². The molecule has 2 aliphatic rings. The van der Waals surface area contributed by atoms with E-state index in [0.29, 0.717) is 6.42 Å². The van der Waals surface area contributed by atoms with Crippen molar-refractivity contribution in [2.75, 3.05) is 18.0 Å². The van der Waals surface area contributed by atoms with Crippen LogP contribution in [0.5, 0.6) is 0 Å². The molecule has 118 valence electrons. The first-order chi connectivity index (χ1) is 11.3. The third kappa shape index (κ3) is 2.56. The second-order valence-electron chi connectivity index (χ2n) is 6.41. The van der Waals surface area contributed by atoms with E-state index in [2.05, 4.69) is 44.5 Å². The van der Waals surface area contributed by atoms with Gasteiger partial charge < -0.3 is 10.2 Å². The predicted molar refractivity (Wildman–Crippen MR) is 88.2 cm³/mol. The zero-order chi connectivity index (χ0) is 15.7. The minimum absolute atomic E-state index is 0.121. The standard InChI is InChI=1S/C18H20N4O/c23-16-13-15(14-5-2-1-3-6-14)18(21-16)7-11-22(12-8-18)17-19-9-4-10-20-17/h1-6,9-10,15H,7-8,11-13H2,(H,21,23). The molecule has 1 amide bonds. The first-order valence-corrected chi connectivity index (χ1v) is 8.15. The molecule has 0 bridgehead atoms. The number of aromatic nitrogens is 2. The maximum atomic E-state index is 12.1. The zero-order valence-corrected chi connectivity index (χ0v) is 13.0. The second kappa shape index (κ2) is 5.65.